The van der Waals surface area contributed by atoms with Crippen LogP contribution >= 0.6 is 0 Å². The molecule has 0 spiro atoms. The first-order valence-corrected chi connectivity index (χ1v) is 9.37. The van der Waals surface area contributed by atoms with E-state index >= 15 is 0 Å². The monoisotopic (exact) mass is 274 g/mol. The van der Waals surface area contributed by atoms with Gasteiger partial charge in [-0.05, 0) is 43.4 Å². The SMILES string of the molecule is CS(=O)(=O)CCC(O)C1CCC2CCCCC2C1. The summed E-state index contributed by atoms with van der Waals surface area (Å²) in [7, 11) is -2.94. The highest BCUT2D eigenvalue weighted by Crippen LogP contribution is 2.43. The summed E-state index contributed by atoms with van der Waals surface area (Å²) in [5.41, 5.74) is 0. The minimum Gasteiger partial charge on any atom is -0.393 e. The summed E-state index contributed by atoms with van der Waals surface area (Å²) in [6, 6.07) is 0. The van der Waals surface area contributed by atoms with Gasteiger partial charge >= 0.3 is 0 Å². The number of rotatable bonds is 4. The second kappa shape index (κ2) is 5.91. The van der Waals surface area contributed by atoms with E-state index < -0.39 is 15.9 Å². The van der Waals surface area contributed by atoms with Crippen molar-refractivity contribution in [3.05, 3.63) is 0 Å². The molecule has 0 heterocycles. The lowest BCUT2D eigenvalue weighted by molar-refractivity contribution is 0.0343. The third kappa shape index (κ3) is 3.95. The van der Waals surface area contributed by atoms with E-state index in [1.165, 1.54) is 38.4 Å². The van der Waals surface area contributed by atoms with Gasteiger partial charge in [0.05, 0.1) is 11.9 Å². The summed E-state index contributed by atoms with van der Waals surface area (Å²) in [6.07, 6.45) is 10.1. The third-order valence-electron chi connectivity index (χ3n) is 4.91. The molecule has 0 amide bonds. The van der Waals surface area contributed by atoms with E-state index in [2.05, 4.69) is 0 Å². The van der Waals surface area contributed by atoms with Crippen molar-refractivity contribution in [3.63, 3.8) is 0 Å². The van der Waals surface area contributed by atoms with Gasteiger partial charge in [-0.15, -0.1) is 0 Å². The number of fused-ring (bicyclic) bond motifs is 1. The van der Waals surface area contributed by atoms with Gasteiger partial charge in [0, 0.05) is 6.26 Å². The Morgan fingerprint density at radius 2 is 1.78 bits per heavy atom. The smallest absolute Gasteiger partial charge is 0.147 e. The Labute approximate surface area is 111 Å². The third-order valence-corrected chi connectivity index (χ3v) is 5.89. The van der Waals surface area contributed by atoms with Gasteiger partial charge in [0.25, 0.3) is 0 Å². The maximum Gasteiger partial charge on any atom is 0.147 e. The molecule has 0 aromatic heterocycles. The van der Waals surface area contributed by atoms with Gasteiger partial charge in [-0.3, -0.25) is 0 Å². The van der Waals surface area contributed by atoms with Gasteiger partial charge in [-0.2, -0.15) is 0 Å². The topological polar surface area (TPSA) is 54.4 Å². The molecule has 0 aliphatic heterocycles. The van der Waals surface area contributed by atoms with Gasteiger partial charge in [0.15, 0.2) is 0 Å². The van der Waals surface area contributed by atoms with Gasteiger partial charge in [-0.25, -0.2) is 8.42 Å². The first-order chi connectivity index (χ1) is 8.46. The Morgan fingerprint density at radius 3 is 2.44 bits per heavy atom. The van der Waals surface area contributed by atoms with E-state index in [9.17, 15) is 13.5 Å². The molecule has 2 saturated carbocycles. The molecule has 0 radical (unpaired) electrons. The quantitative estimate of drug-likeness (QED) is 0.856. The van der Waals surface area contributed by atoms with Crippen LogP contribution in [0.1, 0.15) is 51.4 Å². The molecule has 106 valence electrons. The molecule has 0 saturated heterocycles. The summed E-state index contributed by atoms with van der Waals surface area (Å²) >= 11 is 0. The van der Waals surface area contributed by atoms with Crippen molar-refractivity contribution in [2.24, 2.45) is 17.8 Å². The molecule has 0 aromatic carbocycles. The van der Waals surface area contributed by atoms with E-state index in [-0.39, 0.29) is 5.75 Å². The van der Waals surface area contributed by atoms with E-state index in [1.807, 2.05) is 0 Å². The highest BCUT2D eigenvalue weighted by Gasteiger charge is 2.34. The van der Waals surface area contributed by atoms with Crippen molar-refractivity contribution < 1.29 is 13.5 Å². The molecular weight excluding hydrogens is 248 g/mol. The fourth-order valence-corrected chi connectivity index (χ4v) is 4.50. The lowest BCUT2D eigenvalue weighted by Crippen LogP contribution is -2.34. The molecule has 0 bridgehead atoms. The Hall–Kier alpha value is -0.0900. The Morgan fingerprint density at radius 1 is 1.11 bits per heavy atom. The molecule has 0 aromatic rings. The van der Waals surface area contributed by atoms with Crippen molar-refractivity contribution >= 4 is 9.84 Å². The van der Waals surface area contributed by atoms with Crippen LogP contribution in [0.4, 0.5) is 0 Å². The lowest BCUT2D eigenvalue weighted by atomic mass is 9.66. The van der Waals surface area contributed by atoms with Crippen molar-refractivity contribution in [1.82, 2.24) is 0 Å². The van der Waals surface area contributed by atoms with Crippen LogP contribution in [0.15, 0.2) is 0 Å². The molecule has 3 nitrogen and oxygen atoms in total. The van der Waals surface area contributed by atoms with Crippen LogP contribution in [0.5, 0.6) is 0 Å². The molecule has 1 N–H and O–H groups in total. The zero-order valence-electron chi connectivity index (χ0n) is 11.3. The van der Waals surface area contributed by atoms with Gasteiger partial charge in [0.1, 0.15) is 9.84 Å². The molecule has 4 heteroatoms. The predicted molar refractivity (Wildman–Crippen MR) is 73.1 cm³/mol. The Bertz CT molecular complexity index is 363. The van der Waals surface area contributed by atoms with Gasteiger partial charge in [-0.1, -0.05) is 25.7 Å². The number of sulfone groups is 1. The minimum atomic E-state index is -2.94. The van der Waals surface area contributed by atoms with E-state index in [0.717, 1.165) is 24.7 Å². The predicted octanol–water partition coefficient (Wildman–Crippen LogP) is 2.39. The first-order valence-electron chi connectivity index (χ1n) is 7.31. The Balaban J connectivity index is 1.82. The normalized spacial score (nSPS) is 34.9. The fraction of sp³-hybridized carbons (Fsp3) is 1.00. The summed E-state index contributed by atoms with van der Waals surface area (Å²) in [5, 5.41) is 10.2. The molecule has 2 fully saturated rings. The van der Waals surface area contributed by atoms with Gasteiger partial charge < -0.3 is 5.11 Å². The summed E-state index contributed by atoms with van der Waals surface area (Å²) < 4.78 is 22.3. The molecule has 2 aliphatic carbocycles. The summed E-state index contributed by atoms with van der Waals surface area (Å²) in [5.74, 6) is 2.15. The number of hydrogen-bond acceptors (Lipinski definition) is 3. The highest BCUT2D eigenvalue weighted by atomic mass is 32.2. The second-order valence-electron chi connectivity index (χ2n) is 6.36. The van der Waals surface area contributed by atoms with Crippen LogP contribution in [0.2, 0.25) is 0 Å². The van der Waals surface area contributed by atoms with Crippen LogP contribution in [0.3, 0.4) is 0 Å². The molecule has 2 aliphatic rings. The molecular formula is C14H26O3S. The first kappa shape index (κ1) is 14.3. The second-order valence-corrected chi connectivity index (χ2v) is 8.62. The standard InChI is InChI=1S/C14H26O3S/c1-18(16,17)9-8-14(15)13-7-6-11-4-2-3-5-12(11)10-13/h11-15H,2-10H2,1H3. The number of hydrogen-bond donors (Lipinski definition) is 1. The zero-order valence-corrected chi connectivity index (χ0v) is 12.2. The zero-order chi connectivity index (χ0) is 13.2. The van der Waals surface area contributed by atoms with Crippen LogP contribution < -0.4 is 0 Å². The Kier molecular flexibility index (Phi) is 4.70. The largest absolute Gasteiger partial charge is 0.393 e. The minimum absolute atomic E-state index is 0.124. The van der Waals surface area contributed by atoms with Crippen LogP contribution in [0.25, 0.3) is 0 Å². The van der Waals surface area contributed by atoms with Gasteiger partial charge in [0.2, 0.25) is 0 Å². The van der Waals surface area contributed by atoms with E-state index in [4.69, 9.17) is 0 Å². The maximum absolute atomic E-state index is 11.1. The average molecular weight is 274 g/mol. The van der Waals surface area contributed by atoms with Crippen LogP contribution in [-0.2, 0) is 9.84 Å². The number of aliphatic hydroxyl groups excluding tert-OH is 1. The lowest BCUT2D eigenvalue weighted by Gasteiger charge is -2.40. The van der Waals surface area contributed by atoms with E-state index in [1.54, 1.807) is 0 Å². The van der Waals surface area contributed by atoms with Crippen LogP contribution in [0, 0.1) is 17.8 Å². The molecule has 18 heavy (non-hydrogen) atoms. The molecule has 4 unspecified atom stereocenters. The maximum atomic E-state index is 11.1. The van der Waals surface area contributed by atoms with Crippen molar-refractivity contribution in [2.45, 2.75) is 57.5 Å². The number of aliphatic hydroxyl groups is 1. The van der Waals surface area contributed by atoms with Crippen LogP contribution in [-0.4, -0.2) is 31.6 Å². The molecule has 4 atom stereocenters. The summed E-state index contributed by atoms with van der Waals surface area (Å²) in [4.78, 5) is 0. The van der Waals surface area contributed by atoms with Crippen molar-refractivity contribution in [2.75, 3.05) is 12.0 Å². The van der Waals surface area contributed by atoms with Crippen molar-refractivity contribution in [3.8, 4) is 0 Å². The average Bonchev–Trinajstić information content (AvgIpc) is 2.34. The van der Waals surface area contributed by atoms with Crippen molar-refractivity contribution in [1.29, 1.82) is 0 Å². The van der Waals surface area contributed by atoms with E-state index in [0.29, 0.717) is 12.3 Å². The highest BCUT2D eigenvalue weighted by molar-refractivity contribution is 7.90. The summed E-state index contributed by atoms with van der Waals surface area (Å²) in [6.45, 7) is 0. The fourth-order valence-electron chi connectivity index (χ4n) is 3.83. The molecule has 2 rings (SSSR count).